The number of nitrogens with one attached hydrogen (secondary N) is 1. The van der Waals surface area contributed by atoms with Crippen molar-refractivity contribution in [1.29, 1.82) is 0 Å². The van der Waals surface area contributed by atoms with Crippen LogP contribution in [0.4, 0.5) is 4.39 Å². The van der Waals surface area contributed by atoms with Crippen LogP contribution in [0.25, 0.3) is 5.70 Å². The molecule has 0 spiro atoms. The monoisotopic (exact) mass is 178 g/mol. The Labute approximate surface area is 76.8 Å². The Hall–Kier alpha value is -1.64. The Kier molecular flexibility index (Phi) is 3.20. The summed E-state index contributed by atoms with van der Waals surface area (Å²) in [6, 6.07) is 6.11. The second-order valence-electron chi connectivity index (χ2n) is 2.48. The fourth-order valence-electron chi connectivity index (χ4n) is 0.978. The fourth-order valence-corrected chi connectivity index (χ4v) is 0.978. The van der Waals surface area contributed by atoms with Crippen molar-refractivity contribution in [2.45, 2.75) is 0 Å². The third-order valence-corrected chi connectivity index (χ3v) is 1.59. The van der Waals surface area contributed by atoms with Gasteiger partial charge in [0.25, 0.3) is 0 Å². The molecule has 0 aliphatic carbocycles. The van der Waals surface area contributed by atoms with Gasteiger partial charge < -0.3 is 5.32 Å². The molecule has 2 nitrogen and oxygen atoms in total. The molecule has 0 heterocycles. The minimum absolute atomic E-state index is 0.253. The summed E-state index contributed by atoms with van der Waals surface area (Å²) in [6.45, 7) is 3.43. The number of hydrogen-bond acceptors (Lipinski definition) is 2. The molecule has 0 saturated carbocycles. The summed E-state index contributed by atoms with van der Waals surface area (Å²) in [5, 5.41) is 2.84. The van der Waals surface area contributed by atoms with Gasteiger partial charge in [-0.2, -0.15) is 0 Å². The van der Waals surface area contributed by atoms with E-state index in [2.05, 4.69) is 17.0 Å². The van der Waals surface area contributed by atoms with Crippen molar-refractivity contribution < 1.29 is 4.39 Å². The van der Waals surface area contributed by atoms with Crippen LogP contribution in [0.15, 0.2) is 35.5 Å². The normalized spacial score (nSPS) is 11.1. The highest BCUT2D eigenvalue weighted by molar-refractivity contribution is 5.67. The van der Waals surface area contributed by atoms with Crippen LogP contribution in [-0.4, -0.2) is 13.8 Å². The van der Waals surface area contributed by atoms with E-state index in [0.29, 0.717) is 5.70 Å². The second-order valence-corrected chi connectivity index (χ2v) is 2.48. The predicted molar refractivity (Wildman–Crippen MR) is 53.0 cm³/mol. The lowest BCUT2D eigenvalue weighted by Crippen LogP contribution is -1.94. The summed E-state index contributed by atoms with van der Waals surface area (Å²) < 4.78 is 12.6. The fraction of sp³-hybridized carbons (Fsp3) is 0.100. The Morgan fingerprint density at radius 2 is 2.08 bits per heavy atom. The van der Waals surface area contributed by atoms with E-state index in [4.69, 9.17) is 0 Å². The maximum Gasteiger partial charge on any atom is 0.123 e. The van der Waals surface area contributed by atoms with Crippen LogP contribution in [0, 0.1) is 5.82 Å². The maximum absolute atomic E-state index is 12.6. The van der Waals surface area contributed by atoms with Crippen LogP contribution in [0.1, 0.15) is 5.56 Å². The molecule has 1 aromatic carbocycles. The number of nitrogens with zero attached hydrogens (tertiary/aromatic N) is 1. The largest absolute Gasteiger partial charge is 0.392 e. The van der Waals surface area contributed by atoms with Crippen molar-refractivity contribution in [2.75, 3.05) is 7.05 Å². The van der Waals surface area contributed by atoms with E-state index in [-0.39, 0.29) is 5.82 Å². The molecule has 68 valence electrons. The third-order valence-electron chi connectivity index (χ3n) is 1.59. The smallest absolute Gasteiger partial charge is 0.123 e. The highest BCUT2D eigenvalue weighted by Crippen LogP contribution is 2.14. The number of aliphatic imine (C=N–C) groups is 1. The molecular formula is C10H11FN2. The topological polar surface area (TPSA) is 24.4 Å². The SMILES string of the molecule is C=N/C(=C\NC)c1ccc(F)cc1. The van der Waals surface area contributed by atoms with Crippen molar-refractivity contribution in [1.82, 2.24) is 5.32 Å². The maximum atomic E-state index is 12.6. The summed E-state index contributed by atoms with van der Waals surface area (Å²) >= 11 is 0. The van der Waals surface area contributed by atoms with E-state index in [9.17, 15) is 4.39 Å². The lowest BCUT2D eigenvalue weighted by Gasteiger charge is -2.00. The van der Waals surface area contributed by atoms with Gasteiger partial charge in [0.05, 0.1) is 5.70 Å². The van der Waals surface area contributed by atoms with E-state index in [1.54, 1.807) is 25.4 Å². The zero-order valence-electron chi connectivity index (χ0n) is 7.42. The van der Waals surface area contributed by atoms with Gasteiger partial charge in [0.1, 0.15) is 5.82 Å². The average Bonchev–Trinajstić information content (AvgIpc) is 2.16. The van der Waals surface area contributed by atoms with Crippen molar-refractivity contribution in [2.24, 2.45) is 4.99 Å². The molecule has 1 rings (SSSR count). The van der Waals surface area contributed by atoms with Gasteiger partial charge in [-0.15, -0.1) is 0 Å². The number of benzene rings is 1. The van der Waals surface area contributed by atoms with E-state index in [1.807, 2.05) is 0 Å². The zero-order valence-corrected chi connectivity index (χ0v) is 7.42. The van der Waals surface area contributed by atoms with Crippen LogP contribution < -0.4 is 5.32 Å². The molecule has 0 aliphatic heterocycles. The molecule has 0 fully saturated rings. The van der Waals surface area contributed by atoms with Gasteiger partial charge in [0.2, 0.25) is 0 Å². The third kappa shape index (κ3) is 2.40. The van der Waals surface area contributed by atoms with Gasteiger partial charge in [-0.05, 0) is 31.0 Å². The van der Waals surface area contributed by atoms with Crippen LogP contribution >= 0.6 is 0 Å². The first-order chi connectivity index (χ1) is 6.27. The molecule has 3 heteroatoms. The number of halogens is 1. The van der Waals surface area contributed by atoms with Gasteiger partial charge >= 0.3 is 0 Å². The first-order valence-corrected chi connectivity index (χ1v) is 3.88. The van der Waals surface area contributed by atoms with Gasteiger partial charge in [-0.3, -0.25) is 4.99 Å². The molecule has 0 aromatic heterocycles. The minimum atomic E-state index is -0.253. The molecule has 0 atom stereocenters. The summed E-state index contributed by atoms with van der Waals surface area (Å²) in [6.07, 6.45) is 1.71. The molecule has 0 amide bonds. The number of hydrogen-bond donors (Lipinski definition) is 1. The number of rotatable bonds is 3. The summed E-state index contributed by atoms with van der Waals surface area (Å²) in [4.78, 5) is 3.80. The Morgan fingerprint density at radius 3 is 2.54 bits per heavy atom. The molecule has 1 aromatic rings. The first kappa shape index (κ1) is 9.45. The van der Waals surface area contributed by atoms with Gasteiger partial charge in [-0.1, -0.05) is 0 Å². The Morgan fingerprint density at radius 1 is 1.46 bits per heavy atom. The van der Waals surface area contributed by atoms with Gasteiger partial charge in [-0.25, -0.2) is 4.39 Å². The van der Waals surface area contributed by atoms with Gasteiger partial charge in [0, 0.05) is 18.8 Å². The Balaban J connectivity index is 2.99. The van der Waals surface area contributed by atoms with E-state index < -0.39 is 0 Å². The summed E-state index contributed by atoms with van der Waals surface area (Å²) in [5.74, 6) is -0.253. The lowest BCUT2D eigenvalue weighted by atomic mass is 10.2. The molecule has 0 radical (unpaired) electrons. The van der Waals surface area contributed by atoms with Crippen LogP contribution in [0.3, 0.4) is 0 Å². The summed E-state index contributed by atoms with van der Waals surface area (Å²) in [5.41, 5.74) is 1.54. The highest BCUT2D eigenvalue weighted by atomic mass is 19.1. The van der Waals surface area contributed by atoms with Crippen molar-refractivity contribution in [3.8, 4) is 0 Å². The van der Waals surface area contributed by atoms with Crippen molar-refractivity contribution in [3.63, 3.8) is 0 Å². The quantitative estimate of drug-likeness (QED) is 0.704. The zero-order chi connectivity index (χ0) is 9.68. The average molecular weight is 178 g/mol. The first-order valence-electron chi connectivity index (χ1n) is 3.88. The molecule has 0 unspecified atom stereocenters. The molecular weight excluding hydrogens is 167 g/mol. The van der Waals surface area contributed by atoms with Crippen molar-refractivity contribution in [3.05, 3.63) is 41.8 Å². The summed E-state index contributed by atoms with van der Waals surface area (Å²) in [7, 11) is 1.77. The highest BCUT2D eigenvalue weighted by Gasteiger charge is 1.97. The second kappa shape index (κ2) is 4.40. The molecule has 13 heavy (non-hydrogen) atoms. The lowest BCUT2D eigenvalue weighted by molar-refractivity contribution is 0.627. The molecule has 0 aliphatic rings. The van der Waals surface area contributed by atoms with Crippen LogP contribution in [0.2, 0.25) is 0 Å². The van der Waals surface area contributed by atoms with E-state index >= 15 is 0 Å². The standard InChI is InChI=1S/C10H11FN2/c1-12-7-10(13-2)8-3-5-9(11)6-4-8/h3-7,12H,2H2,1H3/b10-7-. The minimum Gasteiger partial charge on any atom is -0.392 e. The van der Waals surface area contributed by atoms with E-state index in [1.165, 1.54) is 12.1 Å². The van der Waals surface area contributed by atoms with Crippen LogP contribution in [-0.2, 0) is 0 Å². The molecule has 1 N–H and O–H groups in total. The molecule has 0 saturated heterocycles. The molecule has 0 bridgehead atoms. The predicted octanol–water partition coefficient (Wildman–Crippen LogP) is 2.04. The van der Waals surface area contributed by atoms with E-state index in [0.717, 1.165) is 5.56 Å². The van der Waals surface area contributed by atoms with Crippen molar-refractivity contribution >= 4 is 12.4 Å². The Bertz CT molecular complexity index is 314. The van der Waals surface area contributed by atoms with Crippen LogP contribution in [0.5, 0.6) is 0 Å². The van der Waals surface area contributed by atoms with Gasteiger partial charge in [0.15, 0.2) is 0 Å².